The molecule has 1 aliphatic heterocycles. The zero-order valence-electron chi connectivity index (χ0n) is 19.4. The highest BCUT2D eigenvalue weighted by atomic mass is 35.5. The summed E-state index contributed by atoms with van der Waals surface area (Å²) in [5.41, 5.74) is 0.796. The lowest BCUT2D eigenvalue weighted by Gasteiger charge is -2.29. The zero-order valence-corrected chi connectivity index (χ0v) is 20.2. The summed E-state index contributed by atoms with van der Waals surface area (Å²) in [6.07, 6.45) is 4.96. The lowest BCUT2D eigenvalue weighted by atomic mass is 9.85. The third-order valence-electron chi connectivity index (χ3n) is 6.24. The molecule has 1 aromatic carbocycles. The van der Waals surface area contributed by atoms with Crippen LogP contribution >= 0.6 is 11.6 Å². The number of benzene rings is 1. The number of fused-ring (bicyclic) bond motifs is 1. The first kappa shape index (κ1) is 25.0. The molecule has 0 aromatic heterocycles. The van der Waals surface area contributed by atoms with Gasteiger partial charge in [0.05, 0.1) is 11.8 Å². The highest BCUT2D eigenvalue weighted by molar-refractivity contribution is 6.30. The Morgan fingerprint density at radius 1 is 1.12 bits per heavy atom. The first-order valence-electron chi connectivity index (χ1n) is 11.5. The van der Waals surface area contributed by atoms with Gasteiger partial charge in [0.1, 0.15) is 6.04 Å². The van der Waals surface area contributed by atoms with E-state index in [1.807, 2.05) is 32.1 Å². The van der Waals surface area contributed by atoms with E-state index in [-0.39, 0.29) is 60.9 Å². The van der Waals surface area contributed by atoms with E-state index in [1.165, 1.54) is 9.80 Å². The van der Waals surface area contributed by atoms with E-state index < -0.39 is 6.04 Å². The number of halogens is 1. The zero-order chi connectivity index (χ0) is 24.1. The molecule has 33 heavy (non-hydrogen) atoms. The Balaban J connectivity index is 1.71. The number of rotatable bonds is 9. The third kappa shape index (κ3) is 6.02. The molecular formula is C25H32ClN3O4. The van der Waals surface area contributed by atoms with Gasteiger partial charge in [-0.05, 0) is 43.4 Å². The average molecular weight is 474 g/mol. The van der Waals surface area contributed by atoms with Gasteiger partial charge in [-0.3, -0.25) is 24.1 Å². The van der Waals surface area contributed by atoms with E-state index in [1.54, 1.807) is 25.1 Å². The van der Waals surface area contributed by atoms with Gasteiger partial charge in [0.25, 0.3) is 0 Å². The molecule has 2 aliphatic rings. The van der Waals surface area contributed by atoms with Gasteiger partial charge in [0.2, 0.25) is 23.6 Å². The van der Waals surface area contributed by atoms with Gasteiger partial charge in [-0.2, -0.15) is 0 Å². The minimum atomic E-state index is -0.716. The molecule has 0 spiro atoms. The quantitative estimate of drug-likeness (QED) is 0.441. The molecule has 3 rings (SSSR count). The fourth-order valence-corrected chi connectivity index (χ4v) is 4.52. The summed E-state index contributed by atoms with van der Waals surface area (Å²) in [7, 11) is 0. The van der Waals surface area contributed by atoms with Crippen LogP contribution in [0.2, 0.25) is 5.02 Å². The Kier molecular flexibility index (Phi) is 8.30. The summed E-state index contributed by atoms with van der Waals surface area (Å²) in [5, 5.41) is 3.42. The maximum Gasteiger partial charge on any atom is 0.242 e. The molecule has 0 radical (unpaired) electrons. The molecule has 1 fully saturated rings. The van der Waals surface area contributed by atoms with Crippen molar-refractivity contribution in [3.63, 3.8) is 0 Å². The maximum absolute atomic E-state index is 13.3. The van der Waals surface area contributed by atoms with Crippen LogP contribution in [0.1, 0.15) is 45.6 Å². The van der Waals surface area contributed by atoms with Crippen molar-refractivity contribution in [1.29, 1.82) is 0 Å². The van der Waals surface area contributed by atoms with Gasteiger partial charge in [-0.15, -0.1) is 0 Å². The largest absolute Gasteiger partial charge is 0.354 e. The van der Waals surface area contributed by atoms with E-state index in [2.05, 4.69) is 5.32 Å². The minimum Gasteiger partial charge on any atom is -0.354 e. The minimum absolute atomic E-state index is 0.0237. The van der Waals surface area contributed by atoms with Gasteiger partial charge in [-0.25, -0.2) is 0 Å². The second-order valence-electron chi connectivity index (χ2n) is 9.20. The molecule has 7 nitrogen and oxygen atoms in total. The molecule has 1 heterocycles. The first-order chi connectivity index (χ1) is 15.7. The highest BCUT2D eigenvalue weighted by Crippen LogP contribution is 2.35. The molecule has 178 valence electrons. The lowest BCUT2D eigenvalue weighted by Crippen LogP contribution is -2.49. The molecule has 3 atom stereocenters. The van der Waals surface area contributed by atoms with Crippen LogP contribution in [-0.4, -0.2) is 52.6 Å². The number of hydrogen-bond acceptors (Lipinski definition) is 4. The number of carbonyl (C=O) groups is 4. The van der Waals surface area contributed by atoms with Crippen LogP contribution in [0.4, 0.5) is 0 Å². The van der Waals surface area contributed by atoms with Crippen LogP contribution < -0.4 is 5.32 Å². The van der Waals surface area contributed by atoms with E-state index in [0.29, 0.717) is 24.4 Å². The third-order valence-corrected chi connectivity index (χ3v) is 6.48. The van der Waals surface area contributed by atoms with E-state index >= 15 is 0 Å². The van der Waals surface area contributed by atoms with Gasteiger partial charge in [0, 0.05) is 31.1 Å². The van der Waals surface area contributed by atoms with Crippen molar-refractivity contribution >= 4 is 35.2 Å². The van der Waals surface area contributed by atoms with Crippen LogP contribution in [0.3, 0.4) is 0 Å². The Hall–Kier alpha value is -2.67. The molecular weight excluding hydrogens is 442 g/mol. The van der Waals surface area contributed by atoms with E-state index in [4.69, 9.17) is 11.6 Å². The van der Waals surface area contributed by atoms with Crippen molar-refractivity contribution in [3.05, 3.63) is 47.0 Å². The van der Waals surface area contributed by atoms with Crippen molar-refractivity contribution in [1.82, 2.24) is 15.1 Å². The Morgan fingerprint density at radius 2 is 1.76 bits per heavy atom. The predicted molar refractivity (Wildman–Crippen MR) is 126 cm³/mol. The Morgan fingerprint density at radius 3 is 2.33 bits per heavy atom. The molecule has 1 aliphatic carbocycles. The van der Waals surface area contributed by atoms with Gasteiger partial charge in [-0.1, -0.05) is 49.7 Å². The molecule has 4 amide bonds. The fraction of sp³-hybridized carbons (Fsp3) is 0.520. The number of allylic oxidation sites excluding steroid dienone is 2. The molecule has 8 heteroatoms. The first-order valence-corrected chi connectivity index (χ1v) is 11.9. The molecule has 0 saturated carbocycles. The SMILES string of the molecule is CC(C)CNC(=O)[C@H](C)N(Cc1cccc(Cl)c1)C(=O)CCN1C(=O)[C@H]2CC=CC[C@H]2C1=O. The summed E-state index contributed by atoms with van der Waals surface area (Å²) in [6, 6.07) is 6.42. The molecule has 1 N–H and O–H groups in total. The van der Waals surface area contributed by atoms with Crippen molar-refractivity contribution in [2.24, 2.45) is 17.8 Å². The number of amides is 4. The van der Waals surface area contributed by atoms with Crippen LogP contribution in [0, 0.1) is 17.8 Å². The number of carbonyl (C=O) groups excluding carboxylic acids is 4. The summed E-state index contributed by atoms with van der Waals surface area (Å²) >= 11 is 6.10. The summed E-state index contributed by atoms with van der Waals surface area (Å²) in [4.78, 5) is 54.1. The predicted octanol–water partition coefficient (Wildman–Crippen LogP) is 3.17. The highest BCUT2D eigenvalue weighted by Gasteiger charge is 2.47. The molecule has 0 bridgehead atoms. The van der Waals surface area contributed by atoms with E-state index in [9.17, 15) is 19.2 Å². The van der Waals surface area contributed by atoms with Crippen LogP contribution in [0.15, 0.2) is 36.4 Å². The fourth-order valence-electron chi connectivity index (χ4n) is 4.31. The summed E-state index contributed by atoms with van der Waals surface area (Å²) < 4.78 is 0. The number of likely N-dealkylation sites (tertiary alicyclic amines) is 1. The van der Waals surface area contributed by atoms with Gasteiger partial charge >= 0.3 is 0 Å². The summed E-state index contributed by atoms with van der Waals surface area (Å²) in [5.74, 6) is -1.30. The molecule has 1 aromatic rings. The van der Waals surface area contributed by atoms with Gasteiger partial charge in [0.15, 0.2) is 0 Å². The molecule has 0 unspecified atom stereocenters. The van der Waals surface area contributed by atoms with Gasteiger partial charge < -0.3 is 10.2 Å². The normalized spacial score (nSPS) is 20.7. The van der Waals surface area contributed by atoms with Crippen LogP contribution in [0.5, 0.6) is 0 Å². The number of imide groups is 1. The van der Waals surface area contributed by atoms with Crippen molar-refractivity contribution in [3.8, 4) is 0 Å². The number of nitrogens with one attached hydrogen (secondary N) is 1. The smallest absolute Gasteiger partial charge is 0.242 e. The van der Waals surface area contributed by atoms with Crippen molar-refractivity contribution in [2.45, 2.75) is 52.6 Å². The lowest BCUT2D eigenvalue weighted by molar-refractivity contribution is -0.143. The second kappa shape index (κ2) is 11.0. The topological polar surface area (TPSA) is 86.8 Å². The van der Waals surface area contributed by atoms with Crippen LogP contribution in [0.25, 0.3) is 0 Å². The van der Waals surface area contributed by atoms with Crippen molar-refractivity contribution < 1.29 is 19.2 Å². The standard InChI is InChI=1S/C25H32ClN3O4/c1-16(2)14-27-23(31)17(3)29(15-18-7-6-8-19(26)13-18)22(30)11-12-28-24(32)20-9-4-5-10-21(20)25(28)33/h4-8,13,16-17,20-21H,9-12,14-15H2,1-3H3,(H,27,31)/t17-,20-,21+/m0/s1. The maximum atomic E-state index is 13.3. The average Bonchev–Trinajstić information content (AvgIpc) is 3.03. The second-order valence-corrected chi connectivity index (χ2v) is 9.64. The number of hydrogen-bond donors (Lipinski definition) is 1. The van der Waals surface area contributed by atoms with Crippen molar-refractivity contribution in [2.75, 3.05) is 13.1 Å². The monoisotopic (exact) mass is 473 g/mol. The number of nitrogens with zero attached hydrogens (tertiary/aromatic N) is 2. The Labute approximate surface area is 200 Å². The molecule has 1 saturated heterocycles. The van der Waals surface area contributed by atoms with Crippen LogP contribution in [-0.2, 0) is 25.7 Å². The van der Waals surface area contributed by atoms with E-state index in [0.717, 1.165) is 5.56 Å². The Bertz CT molecular complexity index is 919. The summed E-state index contributed by atoms with van der Waals surface area (Å²) in [6.45, 7) is 6.41.